The van der Waals surface area contributed by atoms with Gasteiger partial charge in [0.25, 0.3) is 0 Å². The summed E-state index contributed by atoms with van der Waals surface area (Å²) >= 11 is 0. The molecule has 1 fully saturated rings. The third-order valence-corrected chi connectivity index (χ3v) is 2.99. The lowest BCUT2D eigenvalue weighted by Crippen LogP contribution is -2.47. The molecular formula is C13H22N2O2. The summed E-state index contributed by atoms with van der Waals surface area (Å²) in [4.78, 5) is 24.9. The molecule has 0 aliphatic carbocycles. The zero-order valence-electron chi connectivity index (χ0n) is 10.9. The molecule has 96 valence electrons. The zero-order chi connectivity index (χ0) is 12.8. The minimum absolute atomic E-state index is 0.0256. The van der Waals surface area contributed by atoms with Crippen LogP contribution in [-0.2, 0) is 9.59 Å². The fourth-order valence-electron chi connectivity index (χ4n) is 1.86. The quantitative estimate of drug-likeness (QED) is 0.754. The Morgan fingerprint density at radius 1 is 1.29 bits per heavy atom. The van der Waals surface area contributed by atoms with Gasteiger partial charge in [0.15, 0.2) is 0 Å². The molecule has 0 aromatic heterocycles. The summed E-state index contributed by atoms with van der Waals surface area (Å²) < 4.78 is 0. The predicted molar refractivity (Wildman–Crippen MR) is 67.4 cm³/mol. The minimum atomic E-state index is 0.0256. The van der Waals surface area contributed by atoms with Gasteiger partial charge in [0, 0.05) is 25.0 Å². The van der Waals surface area contributed by atoms with E-state index in [2.05, 4.69) is 5.32 Å². The summed E-state index contributed by atoms with van der Waals surface area (Å²) in [6.07, 6.45) is 5.05. The van der Waals surface area contributed by atoms with Crippen LogP contribution in [0.15, 0.2) is 12.2 Å². The Morgan fingerprint density at radius 3 is 2.35 bits per heavy atom. The van der Waals surface area contributed by atoms with Crippen molar-refractivity contribution >= 4 is 11.8 Å². The zero-order valence-corrected chi connectivity index (χ0v) is 10.9. The summed E-state index contributed by atoms with van der Waals surface area (Å²) in [7, 11) is 0. The van der Waals surface area contributed by atoms with Crippen LogP contribution < -0.4 is 5.32 Å². The molecule has 17 heavy (non-hydrogen) atoms. The van der Waals surface area contributed by atoms with Crippen molar-refractivity contribution in [3.05, 3.63) is 12.2 Å². The maximum atomic E-state index is 11.6. The van der Waals surface area contributed by atoms with Gasteiger partial charge in [-0.15, -0.1) is 0 Å². The molecule has 0 atom stereocenters. The Bertz CT molecular complexity index is 303. The second-order valence-electron chi connectivity index (χ2n) is 4.76. The Hall–Kier alpha value is -1.32. The van der Waals surface area contributed by atoms with E-state index in [4.69, 9.17) is 0 Å². The van der Waals surface area contributed by atoms with Crippen LogP contribution in [0.4, 0.5) is 0 Å². The average molecular weight is 238 g/mol. The molecule has 4 nitrogen and oxygen atoms in total. The molecule has 0 aromatic rings. The lowest BCUT2D eigenvalue weighted by atomic mass is 10.0. The Kier molecular flexibility index (Phi) is 5.19. The first-order chi connectivity index (χ1) is 8.04. The van der Waals surface area contributed by atoms with E-state index in [0.717, 1.165) is 25.9 Å². The van der Waals surface area contributed by atoms with E-state index in [9.17, 15) is 9.59 Å². The topological polar surface area (TPSA) is 49.4 Å². The Labute approximate surface area is 103 Å². The van der Waals surface area contributed by atoms with Crippen LogP contribution in [0.5, 0.6) is 0 Å². The molecule has 1 aliphatic heterocycles. The third kappa shape index (κ3) is 4.21. The highest BCUT2D eigenvalue weighted by molar-refractivity contribution is 5.87. The van der Waals surface area contributed by atoms with Gasteiger partial charge in [-0.25, -0.2) is 0 Å². The number of nitrogens with one attached hydrogen (secondary N) is 1. The molecular weight excluding hydrogens is 216 g/mol. The molecule has 0 radical (unpaired) electrons. The van der Waals surface area contributed by atoms with Crippen LogP contribution in [0, 0.1) is 5.92 Å². The highest BCUT2D eigenvalue weighted by atomic mass is 16.2. The van der Waals surface area contributed by atoms with Crippen molar-refractivity contribution in [2.45, 2.75) is 39.7 Å². The van der Waals surface area contributed by atoms with E-state index in [0.29, 0.717) is 0 Å². The minimum Gasteiger partial charge on any atom is -0.353 e. The van der Waals surface area contributed by atoms with Crippen LogP contribution in [-0.4, -0.2) is 35.8 Å². The van der Waals surface area contributed by atoms with Crippen LogP contribution in [0.3, 0.4) is 0 Å². The van der Waals surface area contributed by atoms with E-state index in [1.807, 2.05) is 25.7 Å². The molecule has 1 saturated heterocycles. The third-order valence-electron chi connectivity index (χ3n) is 2.99. The largest absolute Gasteiger partial charge is 0.353 e. The first-order valence-corrected chi connectivity index (χ1v) is 6.26. The number of allylic oxidation sites excluding steroid dienone is 1. The monoisotopic (exact) mass is 238 g/mol. The SMILES string of the molecule is CC=CC(=O)N1CCC(NC(=O)C(C)C)CC1. The maximum absolute atomic E-state index is 11.6. The van der Waals surface area contributed by atoms with E-state index < -0.39 is 0 Å². The van der Waals surface area contributed by atoms with E-state index >= 15 is 0 Å². The number of carbonyl (C=O) groups is 2. The first kappa shape index (κ1) is 13.7. The van der Waals surface area contributed by atoms with E-state index in [-0.39, 0.29) is 23.8 Å². The highest BCUT2D eigenvalue weighted by Gasteiger charge is 2.23. The fourth-order valence-corrected chi connectivity index (χ4v) is 1.86. The molecule has 0 bridgehead atoms. The molecule has 1 rings (SSSR count). The standard InChI is InChI=1S/C13H22N2O2/c1-4-5-12(16)15-8-6-11(7-9-15)14-13(17)10(2)3/h4-5,10-11H,6-9H2,1-3H3,(H,14,17). The molecule has 1 heterocycles. The molecule has 0 spiro atoms. The molecule has 0 unspecified atom stereocenters. The predicted octanol–water partition coefficient (Wildman–Crippen LogP) is 1.33. The number of nitrogens with zero attached hydrogens (tertiary/aromatic N) is 1. The van der Waals surface area contributed by atoms with Gasteiger partial charge in [0.1, 0.15) is 0 Å². The second kappa shape index (κ2) is 6.42. The highest BCUT2D eigenvalue weighted by Crippen LogP contribution is 2.11. The number of hydrogen-bond acceptors (Lipinski definition) is 2. The average Bonchev–Trinajstić information content (AvgIpc) is 2.30. The molecule has 1 aliphatic rings. The van der Waals surface area contributed by atoms with Gasteiger partial charge in [0.05, 0.1) is 0 Å². The second-order valence-corrected chi connectivity index (χ2v) is 4.76. The van der Waals surface area contributed by atoms with Crippen molar-refractivity contribution in [3.63, 3.8) is 0 Å². The van der Waals surface area contributed by atoms with Gasteiger partial charge in [0.2, 0.25) is 11.8 Å². The summed E-state index contributed by atoms with van der Waals surface area (Å²) in [5.41, 5.74) is 0. The summed E-state index contributed by atoms with van der Waals surface area (Å²) in [5, 5.41) is 3.01. The van der Waals surface area contributed by atoms with Crippen molar-refractivity contribution in [1.29, 1.82) is 0 Å². The van der Waals surface area contributed by atoms with Crippen molar-refractivity contribution in [3.8, 4) is 0 Å². The van der Waals surface area contributed by atoms with Crippen molar-refractivity contribution < 1.29 is 9.59 Å². The van der Waals surface area contributed by atoms with Crippen molar-refractivity contribution in [2.24, 2.45) is 5.92 Å². The smallest absolute Gasteiger partial charge is 0.246 e. The van der Waals surface area contributed by atoms with Gasteiger partial charge in [-0.3, -0.25) is 9.59 Å². The maximum Gasteiger partial charge on any atom is 0.246 e. The number of piperidine rings is 1. The normalized spacial score (nSPS) is 17.8. The van der Waals surface area contributed by atoms with Gasteiger partial charge < -0.3 is 10.2 Å². The van der Waals surface area contributed by atoms with Gasteiger partial charge in [-0.05, 0) is 25.8 Å². The molecule has 1 N–H and O–H groups in total. The van der Waals surface area contributed by atoms with Crippen LogP contribution in [0.1, 0.15) is 33.6 Å². The molecule has 4 heteroatoms. The van der Waals surface area contributed by atoms with Gasteiger partial charge in [-0.2, -0.15) is 0 Å². The summed E-state index contributed by atoms with van der Waals surface area (Å²) in [6.45, 7) is 7.08. The summed E-state index contributed by atoms with van der Waals surface area (Å²) in [5.74, 6) is 0.196. The first-order valence-electron chi connectivity index (χ1n) is 6.26. The lowest BCUT2D eigenvalue weighted by molar-refractivity contribution is -0.127. The van der Waals surface area contributed by atoms with Gasteiger partial charge in [-0.1, -0.05) is 19.9 Å². The lowest BCUT2D eigenvalue weighted by Gasteiger charge is -2.32. The number of likely N-dealkylation sites (tertiary alicyclic amines) is 1. The van der Waals surface area contributed by atoms with Crippen molar-refractivity contribution in [2.75, 3.05) is 13.1 Å². The Morgan fingerprint density at radius 2 is 1.88 bits per heavy atom. The Balaban J connectivity index is 2.36. The van der Waals surface area contributed by atoms with Crippen LogP contribution in [0.2, 0.25) is 0 Å². The number of amides is 2. The molecule has 2 amide bonds. The van der Waals surface area contributed by atoms with Crippen molar-refractivity contribution in [1.82, 2.24) is 10.2 Å². The van der Waals surface area contributed by atoms with Crippen LogP contribution in [0.25, 0.3) is 0 Å². The fraction of sp³-hybridized carbons (Fsp3) is 0.692. The molecule has 0 aromatic carbocycles. The summed E-state index contributed by atoms with van der Waals surface area (Å²) in [6, 6.07) is 0.222. The van der Waals surface area contributed by atoms with Crippen LogP contribution >= 0.6 is 0 Å². The molecule has 0 saturated carbocycles. The number of hydrogen-bond donors (Lipinski definition) is 1. The number of rotatable bonds is 3. The van der Waals surface area contributed by atoms with E-state index in [1.165, 1.54) is 0 Å². The number of carbonyl (C=O) groups excluding carboxylic acids is 2. The van der Waals surface area contributed by atoms with Gasteiger partial charge >= 0.3 is 0 Å². The van der Waals surface area contributed by atoms with E-state index in [1.54, 1.807) is 12.2 Å².